The van der Waals surface area contributed by atoms with Crippen molar-refractivity contribution >= 4 is 16.0 Å². The highest BCUT2D eigenvalue weighted by Crippen LogP contribution is 2.10. The van der Waals surface area contributed by atoms with Crippen LogP contribution in [0.4, 0.5) is 0 Å². The Morgan fingerprint density at radius 2 is 2.25 bits per heavy atom. The molecule has 1 rings (SSSR count). The lowest BCUT2D eigenvalue weighted by atomic mass is 10.4. The number of aliphatic hydroxyl groups excluding tert-OH is 1. The monoisotopic (exact) mass is 248 g/mol. The molecule has 4 N–H and O–H groups in total. The van der Waals surface area contributed by atoms with Crippen molar-refractivity contribution in [2.24, 2.45) is 0 Å². The molecule has 0 unspecified atom stereocenters. The summed E-state index contributed by atoms with van der Waals surface area (Å²) in [6.07, 6.45) is 1.08. The van der Waals surface area contributed by atoms with Gasteiger partial charge in [0.25, 0.3) is 0 Å². The molecule has 1 heterocycles. The zero-order valence-corrected chi connectivity index (χ0v) is 9.28. The number of H-pyrrole nitrogens is 1. The van der Waals surface area contributed by atoms with Gasteiger partial charge in [0, 0.05) is 12.2 Å². The molecule has 8 heteroatoms. The molecular formula is C8H12N2O5S. The SMILES string of the molecule is C[C@@H](CO)NS(=O)(=O)c1c[nH]c(C(=O)O)c1. The summed E-state index contributed by atoms with van der Waals surface area (Å²) in [6.45, 7) is 1.15. The Morgan fingerprint density at radius 1 is 1.62 bits per heavy atom. The van der Waals surface area contributed by atoms with Crippen LogP contribution in [0, 0.1) is 0 Å². The lowest BCUT2D eigenvalue weighted by molar-refractivity contribution is 0.0691. The van der Waals surface area contributed by atoms with E-state index in [0.29, 0.717) is 0 Å². The van der Waals surface area contributed by atoms with Crippen LogP contribution < -0.4 is 4.72 Å². The third-order valence-electron chi connectivity index (χ3n) is 1.83. The molecule has 0 aliphatic carbocycles. The van der Waals surface area contributed by atoms with Crippen LogP contribution in [0.25, 0.3) is 0 Å². The third-order valence-corrected chi connectivity index (χ3v) is 3.40. The second-order valence-electron chi connectivity index (χ2n) is 3.26. The van der Waals surface area contributed by atoms with Crippen LogP contribution in [-0.4, -0.2) is 42.2 Å². The van der Waals surface area contributed by atoms with Crippen LogP contribution in [0.3, 0.4) is 0 Å². The summed E-state index contributed by atoms with van der Waals surface area (Å²) >= 11 is 0. The number of sulfonamides is 1. The second kappa shape index (κ2) is 4.64. The summed E-state index contributed by atoms with van der Waals surface area (Å²) < 4.78 is 25.4. The highest BCUT2D eigenvalue weighted by atomic mass is 32.2. The molecular weight excluding hydrogens is 236 g/mol. The van der Waals surface area contributed by atoms with E-state index in [1.807, 2.05) is 0 Å². The average molecular weight is 248 g/mol. The maximum atomic E-state index is 11.6. The molecule has 0 radical (unpaired) electrons. The number of aromatic carboxylic acids is 1. The number of carbonyl (C=O) groups is 1. The fourth-order valence-corrected chi connectivity index (χ4v) is 2.25. The second-order valence-corrected chi connectivity index (χ2v) is 4.97. The highest BCUT2D eigenvalue weighted by molar-refractivity contribution is 7.89. The number of aromatic nitrogens is 1. The van der Waals surface area contributed by atoms with Crippen molar-refractivity contribution in [2.75, 3.05) is 6.61 Å². The first-order chi connectivity index (χ1) is 7.36. The first-order valence-corrected chi connectivity index (χ1v) is 5.90. The minimum absolute atomic E-state index is 0.176. The Hall–Kier alpha value is -1.38. The summed E-state index contributed by atoms with van der Waals surface area (Å²) in [5.41, 5.74) is -0.211. The molecule has 0 saturated heterocycles. The number of hydrogen-bond donors (Lipinski definition) is 4. The molecule has 90 valence electrons. The number of aliphatic hydroxyl groups is 1. The van der Waals surface area contributed by atoms with Gasteiger partial charge in [0.1, 0.15) is 10.6 Å². The number of rotatable bonds is 5. The van der Waals surface area contributed by atoms with Gasteiger partial charge in [-0.15, -0.1) is 0 Å². The van der Waals surface area contributed by atoms with Gasteiger partial charge in [0.15, 0.2) is 0 Å². The van der Waals surface area contributed by atoms with E-state index >= 15 is 0 Å². The van der Waals surface area contributed by atoms with Gasteiger partial charge < -0.3 is 15.2 Å². The van der Waals surface area contributed by atoms with Crippen molar-refractivity contribution < 1.29 is 23.4 Å². The molecule has 1 aromatic heterocycles. The summed E-state index contributed by atoms with van der Waals surface area (Å²) in [5, 5.41) is 17.3. The van der Waals surface area contributed by atoms with E-state index in [0.717, 1.165) is 12.3 Å². The highest BCUT2D eigenvalue weighted by Gasteiger charge is 2.19. The van der Waals surface area contributed by atoms with E-state index in [2.05, 4.69) is 9.71 Å². The normalized spacial score (nSPS) is 13.6. The van der Waals surface area contributed by atoms with Crippen LogP contribution in [0.2, 0.25) is 0 Å². The van der Waals surface area contributed by atoms with E-state index in [1.54, 1.807) is 0 Å². The summed E-state index contributed by atoms with van der Waals surface area (Å²) in [4.78, 5) is 12.7. The Bertz CT molecular complexity index is 478. The first kappa shape index (κ1) is 12.7. The summed E-state index contributed by atoms with van der Waals surface area (Å²) in [5.74, 6) is -1.24. The quantitative estimate of drug-likeness (QED) is 0.553. The van der Waals surface area contributed by atoms with Gasteiger partial charge in [-0.1, -0.05) is 0 Å². The number of carboxylic acids is 1. The molecule has 7 nitrogen and oxygen atoms in total. The van der Waals surface area contributed by atoms with Gasteiger partial charge in [-0.05, 0) is 13.0 Å². The van der Waals surface area contributed by atoms with Crippen molar-refractivity contribution in [3.8, 4) is 0 Å². The average Bonchev–Trinajstić information content (AvgIpc) is 2.66. The molecule has 0 bridgehead atoms. The first-order valence-electron chi connectivity index (χ1n) is 4.41. The molecule has 0 aliphatic rings. The maximum absolute atomic E-state index is 11.6. The minimum atomic E-state index is -3.79. The molecule has 0 saturated carbocycles. The molecule has 0 amide bonds. The summed E-state index contributed by atoms with van der Waals surface area (Å²) in [7, 11) is -3.79. The van der Waals surface area contributed by atoms with Crippen LogP contribution in [0.5, 0.6) is 0 Å². The molecule has 0 spiro atoms. The molecule has 16 heavy (non-hydrogen) atoms. The van der Waals surface area contributed by atoms with Crippen molar-refractivity contribution in [1.29, 1.82) is 0 Å². The Balaban J connectivity index is 2.94. The fraction of sp³-hybridized carbons (Fsp3) is 0.375. The van der Waals surface area contributed by atoms with Crippen LogP contribution in [0.1, 0.15) is 17.4 Å². The molecule has 0 fully saturated rings. The van der Waals surface area contributed by atoms with Crippen LogP contribution >= 0.6 is 0 Å². The van der Waals surface area contributed by atoms with Crippen LogP contribution in [-0.2, 0) is 10.0 Å². The van der Waals surface area contributed by atoms with Crippen molar-refractivity contribution in [2.45, 2.75) is 17.9 Å². The lowest BCUT2D eigenvalue weighted by Gasteiger charge is -2.09. The van der Waals surface area contributed by atoms with Gasteiger partial charge in [-0.3, -0.25) is 0 Å². The van der Waals surface area contributed by atoms with Crippen LogP contribution in [0.15, 0.2) is 17.2 Å². The Labute approximate surface area is 92.2 Å². The maximum Gasteiger partial charge on any atom is 0.352 e. The van der Waals surface area contributed by atoms with E-state index in [1.165, 1.54) is 6.92 Å². The number of hydrogen-bond acceptors (Lipinski definition) is 4. The zero-order chi connectivity index (χ0) is 12.3. The predicted molar refractivity (Wildman–Crippen MR) is 54.6 cm³/mol. The number of aromatic amines is 1. The van der Waals surface area contributed by atoms with Crippen molar-refractivity contribution in [3.63, 3.8) is 0 Å². The van der Waals surface area contributed by atoms with Gasteiger partial charge in [-0.2, -0.15) is 0 Å². The molecule has 0 aliphatic heterocycles. The van der Waals surface area contributed by atoms with Crippen molar-refractivity contribution in [1.82, 2.24) is 9.71 Å². The van der Waals surface area contributed by atoms with Gasteiger partial charge >= 0.3 is 5.97 Å². The molecule has 1 aromatic rings. The number of nitrogens with one attached hydrogen (secondary N) is 2. The zero-order valence-electron chi connectivity index (χ0n) is 8.47. The fourth-order valence-electron chi connectivity index (χ4n) is 1.02. The predicted octanol–water partition coefficient (Wildman–Crippen LogP) is -0.628. The number of carboxylic acid groups (broad SMARTS) is 1. The van der Waals surface area contributed by atoms with Gasteiger partial charge in [-0.25, -0.2) is 17.9 Å². The van der Waals surface area contributed by atoms with Crippen molar-refractivity contribution in [3.05, 3.63) is 18.0 Å². The topological polar surface area (TPSA) is 119 Å². The van der Waals surface area contributed by atoms with Gasteiger partial charge in [0.05, 0.1) is 6.61 Å². The van der Waals surface area contributed by atoms with Gasteiger partial charge in [0.2, 0.25) is 10.0 Å². The Morgan fingerprint density at radius 3 is 2.69 bits per heavy atom. The minimum Gasteiger partial charge on any atom is -0.477 e. The largest absolute Gasteiger partial charge is 0.477 e. The molecule has 0 aromatic carbocycles. The summed E-state index contributed by atoms with van der Waals surface area (Å²) in [6, 6.07) is 0.377. The molecule has 1 atom stereocenters. The van der Waals surface area contributed by atoms with E-state index in [9.17, 15) is 13.2 Å². The smallest absolute Gasteiger partial charge is 0.352 e. The standard InChI is InChI=1S/C8H12N2O5S/c1-5(4-11)10-16(14,15)6-2-7(8(12)13)9-3-6/h2-3,5,9-11H,4H2,1H3,(H,12,13)/t5-/m0/s1. The Kier molecular flexibility index (Phi) is 3.68. The lowest BCUT2D eigenvalue weighted by Crippen LogP contribution is -2.34. The van der Waals surface area contributed by atoms with E-state index in [-0.39, 0.29) is 17.2 Å². The van der Waals surface area contributed by atoms with E-state index in [4.69, 9.17) is 10.2 Å². The third kappa shape index (κ3) is 2.81. The van der Waals surface area contributed by atoms with E-state index < -0.39 is 22.0 Å².